The van der Waals surface area contributed by atoms with E-state index in [1.807, 2.05) is 6.92 Å². The van der Waals surface area contributed by atoms with Gasteiger partial charge in [-0.2, -0.15) is 25.8 Å². The lowest BCUT2D eigenvalue weighted by atomic mass is 10.1. The van der Waals surface area contributed by atoms with Crippen LogP contribution in [-0.2, 0) is 16.1 Å². The zero-order chi connectivity index (χ0) is 14.5. The largest absolute Gasteiger partial charge is 0.411 e. The van der Waals surface area contributed by atoms with Gasteiger partial charge in [0.15, 0.2) is 0 Å². The first-order chi connectivity index (χ1) is 8.81. The number of aryl methyl sites for hydroxylation is 1. The molecule has 7 heteroatoms. The van der Waals surface area contributed by atoms with Crippen molar-refractivity contribution in [1.82, 2.24) is 0 Å². The van der Waals surface area contributed by atoms with Crippen molar-refractivity contribution in [3.8, 4) is 0 Å². The van der Waals surface area contributed by atoms with Gasteiger partial charge in [0.25, 0.3) is 0 Å². The summed E-state index contributed by atoms with van der Waals surface area (Å²) in [4.78, 5) is 11.3. The van der Waals surface area contributed by atoms with Gasteiger partial charge in [-0.05, 0) is 18.6 Å². The molecule has 106 valence electrons. The standard InChI is InChI=1S/C12H14F3NO2S/c1-8-2-3-9(5-18-7-12(13,14)15)10(4-8)16-11(17)6-19/h2-4,19H,5-7H2,1H3,(H,16,17). The van der Waals surface area contributed by atoms with Crippen LogP contribution in [0.2, 0.25) is 0 Å². The molecule has 0 saturated carbocycles. The van der Waals surface area contributed by atoms with Gasteiger partial charge >= 0.3 is 6.18 Å². The monoisotopic (exact) mass is 293 g/mol. The molecule has 1 amide bonds. The number of hydrogen-bond donors (Lipinski definition) is 2. The van der Waals surface area contributed by atoms with Crippen molar-refractivity contribution in [2.45, 2.75) is 19.7 Å². The van der Waals surface area contributed by atoms with Crippen molar-refractivity contribution < 1.29 is 22.7 Å². The third kappa shape index (κ3) is 5.98. The molecule has 0 spiro atoms. The number of ether oxygens (including phenoxy) is 1. The topological polar surface area (TPSA) is 38.3 Å². The van der Waals surface area contributed by atoms with Crippen molar-refractivity contribution in [2.24, 2.45) is 0 Å². The van der Waals surface area contributed by atoms with E-state index in [0.717, 1.165) is 5.56 Å². The van der Waals surface area contributed by atoms with E-state index in [0.29, 0.717) is 11.3 Å². The summed E-state index contributed by atoms with van der Waals surface area (Å²) in [5, 5.41) is 2.57. The molecular weight excluding hydrogens is 279 g/mol. The maximum Gasteiger partial charge on any atom is 0.411 e. The Labute approximate surface area is 114 Å². The predicted molar refractivity (Wildman–Crippen MR) is 69.4 cm³/mol. The van der Waals surface area contributed by atoms with Crippen molar-refractivity contribution in [3.63, 3.8) is 0 Å². The molecule has 0 atom stereocenters. The number of benzene rings is 1. The highest BCUT2D eigenvalue weighted by molar-refractivity contribution is 7.81. The van der Waals surface area contributed by atoms with Crippen molar-refractivity contribution >= 4 is 24.2 Å². The maximum atomic E-state index is 12.0. The number of thiol groups is 1. The highest BCUT2D eigenvalue weighted by atomic mass is 32.1. The van der Waals surface area contributed by atoms with E-state index < -0.39 is 12.8 Å². The van der Waals surface area contributed by atoms with Crippen molar-refractivity contribution in [3.05, 3.63) is 29.3 Å². The molecule has 0 aliphatic carbocycles. The van der Waals surface area contributed by atoms with Gasteiger partial charge in [-0.25, -0.2) is 0 Å². The van der Waals surface area contributed by atoms with E-state index in [9.17, 15) is 18.0 Å². The van der Waals surface area contributed by atoms with Crippen LogP contribution in [0.5, 0.6) is 0 Å². The lowest BCUT2D eigenvalue weighted by Gasteiger charge is -2.13. The molecule has 1 N–H and O–H groups in total. The first kappa shape index (κ1) is 15.8. The second-order valence-electron chi connectivity index (χ2n) is 3.97. The van der Waals surface area contributed by atoms with Gasteiger partial charge in [-0.1, -0.05) is 12.1 Å². The Hall–Kier alpha value is -1.21. The third-order valence-corrected chi connectivity index (χ3v) is 2.49. The Morgan fingerprint density at radius 1 is 1.42 bits per heavy atom. The lowest BCUT2D eigenvalue weighted by Crippen LogP contribution is -2.18. The summed E-state index contributed by atoms with van der Waals surface area (Å²) in [5.74, 6) is -0.331. The molecule has 0 aliphatic rings. The van der Waals surface area contributed by atoms with Crippen LogP contribution in [0.4, 0.5) is 18.9 Å². The van der Waals surface area contributed by atoms with Crippen LogP contribution in [0, 0.1) is 6.92 Å². The fourth-order valence-electron chi connectivity index (χ4n) is 1.40. The molecule has 0 fully saturated rings. The highest BCUT2D eigenvalue weighted by Gasteiger charge is 2.27. The van der Waals surface area contributed by atoms with Gasteiger partial charge in [-0.3, -0.25) is 4.79 Å². The molecule has 19 heavy (non-hydrogen) atoms. The summed E-state index contributed by atoms with van der Waals surface area (Å²) in [6, 6.07) is 5.04. The van der Waals surface area contributed by atoms with Crippen LogP contribution in [0.3, 0.4) is 0 Å². The van der Waals surface area contributed by atoms with E-state index in [1.165, 1.54) is 0 Å². The van der Waals surface area contributed by atoms with E-state index in [2.05, 4.69) is 22.7 Å². The van der Waals surface area contributed by atoms with Gasteiger partial charge in [0, 0.05) is 11.3 Å². The molecule has 0 saturated heterocycles. The molecule has 0 aliphatic heterocycles. The van der Waals surface area contributed by atoms with Gasteiger partial charge in [0.2, 0.25) is 5.91 Å². The Morgan fingerprint density at radius 3 is 2.68 bits per heavy atom. The van der Waals surface area contributed by atoms with Crippen LogP contribution in [0.25, 0.3) is 0 Å². The van der Waals surface area contributed by atoms with E-state index in [4.69, 9.17) is 0 Å². The summed E-state index contributed by atoms with van der Waals surface area (Å²) in [5.41, 5.74) is 1.82. The second kappa shape index (κ2) is 6.81. The number of carbonyl (C=O) groups excluding carboxylic acids is 1. The molecule has 0 heterocycles. The first-order valence-electron chi connectivity index (χ1n) is 5.46. The second-order valence-corrected chi connectivity index (χ2v) is 4.29. The highest BCUT2D eigenvalue weighted by Crippen LogP contribution is 2.21. The van der Waals surface area contributed by atoms with Crippen molar-refractivity contribution in [2.75, 3.05) is 17.7 Å². The molecular formula is C12H14F3NO2S. The van der Waals surface area contributed by atoms with Gasteiger partial charge in [0.05, 0.1) is 12.4 Å². The van der Waals surface area contributed by atoms with Crippen LogP contribution in [-0.4, -0.2) is 24.4 Å². The van der Waals surface area contributed by atoms with Crippen molar-refractivity contribution in [1.29, 1.82) is 0 Å². The summed E-state index contributed by atoms with van der Waals surface area (Å²) < 4.78 is 40.5. The Kier molecular flexibility index (Phi) is 5.68. The van der Waals surface area contributed by atoms with E-state index >= 15 is 0 Å². The van der Waals surface area contributed by atoms with Crippen LogP contribution in [0.1, 0.15) is 11.1 Å². The smallest absolute Gasteiger partial charge is 0.367 e. The van der Waals surface area contributed by atoms with Crippen LogP contribution < -0.4 is 5.32 Å². The zero-order valence-electron chi connectivity index (χ0n) is 10.3. The fraction of sp³-hybridized carbons (Fsp3) is 0.417. The maximum absolute atomic E-state index is 12.0. The zero-order valence-corrected chi connectivity index (χ0v) is 11.1. The normalized spacial score (nSPS) is 11.4. The molecule has 3 nitrogen and oxygen atoms in total. The first-order valence-corrected chi connectivity index (χ1v) is 6.10. The average molecular weight is 293 g/mol. The summed E-state index contributed by atoms with van der Waals surface area (Å²) in [6.07, 6.45) is -4.36. The number of carbonyl (C=O) groups is 1. The SMILES string of the molecule is Cc1ccc(COCC(F)(F)F)c(NC(=O)CS)c1. The fourth-order valence-corrected chi connectivity index (χ4v) is 1.48. The average Bonchev–Trinajstić information content (AvgIpc) is 2.30. The van der Waals surface area contributed by atoms with Crippen LogP contribution >= 0.6 is 12.6 Å². The molecule has 1 aromatic carbocycles. The number of alkyl halides is 3. The molecule has 1 aromatic rings. The van der Waals surface area contributed by atoms with Crippen LogP contribution in [0.15, 0.2) is 18.2 Å². The molecule has 0 bridgehead atoms. The summed E-state index contributed by atoms with van der Waals surface area (Å²) in [7, 11) is 0. The minimum absolute atomic E-state index is 0.00318. The molecule has 0 radical (unpaired) electrons. The summed E-state index contributed by atoms with van der Waals surface area (Å²) in [6.45, 7) is 0.277. The van der Waals surface area contributed by atoms with E-state index in [1.54, 1.807) is 18.2 Å². The Bertz CT molecular complexity index is 449. The number of amides is 1. The van der Waals surface area contributed by atoms with Gasteiger partial charge in [-0.15, -0.1) is 0 Å². The minimum Gasteiger partial charge on any atom is -0.367 e. The predicted octanol–water partition coefficient (Wildman–Crippen LogP) is 2.94. The third-order valence-electron chi connectivity index (χ3n) is 2.21. The number of hydrogen-bond acceptors (Lipinski definition) is 3. The number of halogens is 3. The number of rotatable bonds is 5. The molecule has 1 rings (SSSR count). The van der Waals surface area contributed by atoms with E-state index in [-0.39, 0.29) is 18.3 Å². The summed E-state index contributed by atoms with van der Waals surface area (Å²) >= 11 is 3.82. The minimum atomic E-state index is -4.36. The lowest BCUT2D eigenvalue weighted by molar-refractivity contribution is -0.176. The quantitative estimate of drug-likeness (QED) is 0.819. The number of anilines is 1. The Balaban J connectivity index is 2.73. The molecule has 0 aromatic heterocycles. The Morgan fingerprint density at radius 2 is 2.11 bits per heavy atom. The molecule has 0 unspecified atom stereocenters. The number of nitrogens with one attached hydrogen (secondary N) is 1. The van der Waals surface area contributed by atoms with Gasteiger partial charge < -0.3 is 10.1 Å². The van der Waals surface area contributed by atoms with Gasteiger partial charge in [0.1, 0.15) is 6.61 Å².